The van der Waals surface area contributed by atoms with E-state index >= 15 is 0 Å². The lowest BCUT2D eigenvalue weighted by molar-refractivity contribution is -0.137. The predicted molar refractivity (Wildman–Crippen MR) is 75.6 cm³/mol. The molecule has 0 aliphatic rings. The number of benzene rings is 1. The minimum Gasteiger partial charge on any atom is -0.481 e. The van der Waals surface area contributed by atoms with Gasteiger partial charge in [0.15, 0.2) is 5.78 Å². The lowest BCUT2D eigenvalue weighted by Gasteiger charge is -2.10. The number of pyridine rings is 1. The fourth-order valence-electron chi connectivity index (χ4n) is 1.90. The quantitative estimate of drug-likeness (QED) is 0.633. The second-order valence-electron chi connectivity index (χ2n) is 4.34. The molecule has 1 heterocycles. The van der Waals surface area contributed by atoms with Gasteiger partial charge in [-0.2, -0.15) is 13.2 Å². The molecule has 0 amide bonds. The largest absolute Gasteiger partial charge is 0.481 e. The fourth-order valence-corrected chi connectivity index (χ4v) is 1.90. The fraction of sp³-hybridized carbons (Fsp3) is 0.125. The third kappa shape index (κ3) is 3.52. The molecular weight excluding hydrogens is 295 g/mol. The summed E-state index contributed by atoms with van der Waals surface area (Å²) in [5, 5.41) is 0. The van der Waals surface area contributed by atoms with Gasteiger partial charge >= 0.3 is 6.18 Å². The number of carbonyl (C=O) groups excluding carboxylic acids is 1. The molecular formula is C16H12F3NO2. The summed E-state index contributed by atoms with van der Waals surface area (Å²) in [5.41, 5.74) is -0.847. The van der Waals surface area contributed by atoms with Gasteiger partial charge in [-0.15, -0.1) is 0 Å². The van der Waals surface area contributed by atoms with Crippen LogP contribution in [0.1, 0.15) is 21.5 Å². The van der Waals surface area contributed by atoms with E-state index in [1.165, 1.54) is 31.5 Å². The summed E-state index contributed by atoms with van der Waals surface area (Å²) < 4.78 is 43.7. The van der Waals surface area contributed by atoms with Crippen molar-refractivity contribution in [2.45, 2.75) is 6.18 Å². The third-order valence-electron chi connectivity index (χ3n) is 2.91. The van der Waals surface area contributed by atoms with E-state index in [2.05, 4.69) is 4.98 Å². The number of rotatable bonds is 4. The molecule has 0 fully saturated rings. The molecule has 1 aromatic carbocycles. The molecule has 0 saturated carbocycles. The van der Waals surface area contributed by atoms with E-state index in [1.54, 1.807) is 12.1 Å². The van der Waals surface area contributed by atoms with Gasteiger partial charge in [0.25, 0.3) is 0 Å². The number of aromatic nitrogens is 1. The number of methoxy groups -OCH3 is 1. The average Bonchev–Trinajstić information content (AvgIpc) is 2.52. The number of alkyl halides is 3. The smallest absolute Gasteiger partial charge is 0.417 e. The molecule has 2 rings (SSSR count). The Labute approximate surface area is 125 Å². The van der Waals surface area contributed by atoms with Crippen LogP contribution >= 0.6 is 0 Å². The van der Waals surface area contributed by atoms with E-state index in [0.29, 0.717) is 5.56 Å². The van der Waals surface area contributed by atoms with E-state index in [9.17, 15) is 18.0 Å². The highest BCUT2D eigenvalue weighted by molar-refractivity contribution is 6.08. The first kappa shape index (κ1) is 15.8. The topological polar surface area (TPSA) is 39.2 Å². The highest BCUT2D eigenvalue weighted by Crippen LogP contribution is 2.32. The van der Waals surface area contributed by atoms with Gasteiger partial charge in [-0.1, -0.05) is 18.2 Å². The highest BCUT2D eigenvalue weighted by Gasteiger charge is 2.34. The number of hydrogen-bond acceptors (Lipinski definition) is 3. The maximum atomic E-state index is 12.9. The Morgan fingerprint density at radius 3 is 2.59 bits per heavy atom. The summed E-state index contributed by atoms with van der Waals surface area (Å²) in [6.45, 7) is 0. The number of allylic oxidation sites excluding steroid dienone is 1. The van der Waals surface area contributed by atoms with E-state index in [0.717, 1.165) is 18.2 Å². The minimum absolute atomic E-state index is 0.288. The van der Waals surface area contributed by atoms with Crippen LogP contribution in [0.4, 0.5) is 13.2 Å². The SMILES string of the molecule is COc1ncccc1C=CC(=O)c1ccccc1C(F)(F)F. The summed E-state index contributed by atoms with van der Waals surface area (Å²) in [5.74, 6) is -0.450. The highest BCUT2D eigenvalue weighted by atomic mass is 19.4. The van der Waals surface area contributed by atoms with E-state index in [1.807, 2.05) is 0 Å². The molecule has 0 aliphatic carbocycles. The van der Waals surface area contributed by atoms with Crippen LogP contribution in [0.25, 0.3) is 6.08 Å². The van der Waals surface area contributed by atoms with Crippen molar-refractivity contribution in [1.29, 1.82) is 0 Å². The second-order valence-corrected chi connectivity index (χ2v) is 4.34. The van der Waals surface area contributed by atoms with Crippen molar-refractivity contribution in [2.24, 2.45) is 0 Å². The maximum Gasteiger partial charge on any atom is 0.417 e. The Kier molecular flexibility index (Phi) is 4.60. The van der Waals surface area contributed by atoms with E-state index < -0.39 is 23.1 Å². The second kappa shape index (κ2) is 6.43. The van der Waals surface area contributed by atoms with Crippen LogP contribution in [0.2, 0.25) is 0 Å². The Bertz CT molecular complexity index is 709. The molecule has 0 saturated heterocycles. The summed E-state index contributed by atoms with van der Waals surface area (Å²) in [4.78, 5) is 16.0. The maximum absolute atomic E-state index is 12.9. The molecule has 0 radical (unpaired) electrons. The molecule has 0 spiro atoms. The molecule has 3 nitrogen and oxygen atoms in total. The zero-order chi connectivity index (χ0) is 16.2. The van der Waals surface area contributed by atoms with E-state index in [-0.39, 0.29) is 5.88 Å². The van der Waals surface area contributed by atoms with Crippen LogP contribution in [-0.2, 0) is 6.18 Å². The standard InChI is InChI=1S/C16H12F3NO2/c1-22-15-11(5-4-10-20-15)8-9-14(21)12-6-2-3-7-13(12)16(17,18)19/h2-10H,1H3. The van der Waals surface area contributed by atoms with Crippen LogP contribution in [0.15, 0.2) is 48.7 Å². The number of nitrogens with zero attached hydrogens (tertiary/aromatic N) is 1. The molecule has 0 aliphatic heterocycles. The number of ketones is 1. The zero-order valence-corrected chi connectivity index (χ0v) is 11.6. The molecule has 22 heavy (non-hydrogen) atoms. The molecule has 0 unspecified atom stereocenters. The van der Waals surface area contributed by atoms with Crippen molar-refractivity contribution in [2.75, 3.05) is 7.11 Å². The van der Waals surface area contributed by atoms with Crippen molar-refractivity contribution in [1.82, 2.24) is 4.98 Å². The molecule has 2 aromatic rings. The predicted octanol–water partition coefficient (Wildman–Crippen LogP) is 4.01. The van der Waals surface area contributed by atoms with Gasteiger partial charge in [-0.3, -0.25) is 4.79 Å². The van der Waals surface area contributed by atoms with Gasteiger partial charge in [0.05, 0.1) is 12.7 Å². The lowest BCUT2D eigenvalue weighted by Crippen LogP contribution is -2.11. The summed E-state index contributed by atoms with van der Waals surface area (Å²) in [6, 6.07) is 7.94. The van der Waals surface area contributed by atoms with Gasteiger partial charge < -0.3 is 4.74 Å². The van der Waals surface area contributed by atoms with Gasteiger partial charge in [-0.25, -0.2) is 4.98 Å². The zero-order valence-electron chi connectivity index (χ0n) is 11.6. The van der Waals surface area contributed by atoms with E-state index in [4.69, 9.17) is 4.74 Å². The van der Waals surface area contributed by atoms with Crippen LogP contribution in [0.3, 0.4) is 0 Å². The molecule has 0 N–H and O–H groups in total. The minimum atomic E-state index is -4.58. The third-order valence-corrected chi connectivity index (χ3v) is 2.91. The number of halogens is 3. The van der Waals surface area contributed by atoms with Crippen LogP contribution in [-0.4, -0.2) is 17.9 Å². The number of hydrogen-bond donors (Lipinski definition) is 0. The van der Waals surface area contributed by atoms with Crippen molar-refractivity contribution >= 4 is 11.9 Å². The van der Waals surface area contributed by atoms with Crippen molar-refractivity contribution in [3.05, 3.63) is 65.4 Å². The van der Waals surface area contributed by atoms with Crippen molar-refractivity contribution in [3.63, 3.8) is 0 Å². The monoisotopic (exact) mass is 307 g/mol. The summed E-state index contributed by atoms with van der Waals surface area (Å²) in [6.07, 6.45) is -0.617. The first-order chi connectivity index (χ1) is 10.4. The molecule has 0 atom stereocenters. The normalized spacial score (nSPS) is 11.6. The molecule has 6 heteroatoms. The van der Waals surface area contributed by atoms with Gasteiger partial charge in [0.1, 0.15) is 0 Å². The van der Waals surface area contributed by atoms with Crippen LogP contribution in [0.5, 0.6) is 5.88 Å². The van der Waals surface area contributed by atoms with Crippen molar-refractivity contribution < 1.29 is 22.7 Å². The van der Waals surface area contributed by atoms with Gasteiger partial charge in [0.2, 0.25) is 5.88 Å². The van der Waals surface area contributed by atoms with Gasteiger partial charge in [-0.05, 0) is 30.4 Å². The average molecular weight is 307 g/mol. The van der Waals surface area contributed by atoms with Gasteiger partial charge in [0, 0.05) is 17.3 Å². The van der Waals surface area contributed by atoms with Crippen LogP contribution in [0, 0.1) is 0 Å². The molecule has 0 bridgehead atoms. The lowest BCUT2D eigenvalue weighted by atomic mass is 10.0. The Hall–Kier alpha value is -2.63. The van der Waals surface area contributed by atoms with Crippen molar-refractivity contribution in [3.8, 4) is 5.88 Å². The first-order valence-electron chi connectivity index (χ1n) is 6.31. The molecule has 1 aromatic heterocycles. The number of ether oxygens (including phenoxy) is 1. The number of carbonyl (C=O) groups is 1. The summed E-state index contributed by atoms with van der Waals surface area (Å²) >= 11 is 0. The first-order valence-corrected chi connectivity index (χ1v) is 6.31. The Morgan fingerprint density at radius 2 is 1.91 bits per heavy atom. The Balaban J connectivity index is 2.32. The molecule has 114 valence electrons. The Morgan fingerprint density at radius 1 is 1.18 bits per heavy atom. The van der Waals surface area contributed by atoms with Crippen LogP contribution < -0.4 is 4.74 Å². The summed E-state index contributed by atoms with van der Waals surface area (Å²) in [7, 11) is 1.42.